The number of amides is 1. The molecule has 1 aromatic heterocycles. The number of likely N-dealkylation sites (tertiary alicyclic amines) is 1. The van der Waals surface area contributed by atoms with Gasteiger partial charge in [0.25, 0.3) is 5.91 Å². The molecule has 1 amide bonds. The van der Waals surface area contributed by atoms with Crippen molar-refractivity contribution in [3.63, 3.8) is 0 Å². The van der Waals surface area contributed by atoms with Crippen molar-refractivity contribution in [3.05, 3.63) is 29.6 Å². The van der Waals surface area contributed by atoms with Crippen LogP contribution >= 0.6 is 0 Å². The van der Waals surface area contributed by atoms with E-state index in [1.165, 1.54) is 0 Å². The van der Waals surface area contributed by atoms with Gasteiger partial charge in [0.05, 0.1) is 0 Å². The van der Waals surface area contributed by atoms with Crippen molar-refractivity contribution in [2.75, 3.05) is 26.7 Å². The van der Waals surface area contributed by atoms with Gasteiger partial charge in [0, 0.05) is 36.5 Å². The van der Waals surface area contributed by atoms with Crippen LogP contribution in [-0.2, 0) is 6.42 Å². The molecule has 0 bridgehead atoms. The predicted octanol–water partition coefficient (Wildman–Crippen LogP) is 0.407. The van der Waals surface area contributed by atoms with Crippen LogP contribution in [0.5, 0.6) is 0 Å². The third-order valence-corrected chi connectivity index (χ3v) is 3.44. The van der Waals surface area contributed by atoms with E-state index in [2.05, 4.69) is 22.2 Å². The highest BCUT2D eigenvalue weighted by Crippen LogP contribution is 2.09. The third-order valence-electron chi connectivity index (χ3n) is 3.44. The minimum Gasteiger partial charge on any atom is -0.348 e. The number of nitrogens with one attached hydrogen (secondary N) is 1. The van der Waals surface area contributed by atoms with E-state index in [4.69, 9.17) is 5.73 Å². The molecule has 1 aliphatic rings. The number of hydrogen-bond donors (Lipinski definition) is 2. The molecule has 104 valence electrons. The Kier molecular flexibility index (Phi) is 4.87. The van der Waals surface area contributed by atoms with Gasteiger partial charge in [-0.3, -0.25) is 9.78 Å². The Morgan fingerprint density at radius 2 is 2.47 bits per heavy atom. The van der Waals surface area contributed by atoms with Crippen LogP contribution in [0.4, 0.5) is 0 Å². The summed E-state index contributed by atoms with van der Waals surface area (Å²) < 4.78 is 0. The normalized spacial score (nSPS) is 20.2. The summed E-state index contributed by atoms with van der Waals surface area (Å²) in [4.78, 5) is 18.6. The van der Waals surface area contributed by atoms with E-state index < -0.39 is 0 Å². The number of carbonyl (C=O) groups is 1. The Balaban J connectivity index is 1.97. The third kappa shape index (κ3) is 4.01. The molecular weight excluding hydrogens is 240 g/mol. The van der Waals surface area contributed by atoms with Gasteiger partial charge in [-0.1, -0.05) is 0 Å². The number of carbonyl (C=O) groups excluding carboxylic acids is 1. The Bertz CT molecular complexity index is 435. The lowest BCUT2D eigenvalue weighted by Gasteiger charge is -2.30. The average molecular weight is 262 g/mol. The molecule has 1 atom stereocenters. The van der Waals surface area contributed by atoms with E-state index in [0.29, 0.717) is 18.5 Å². The molecular formula is C14H22N4O. The van der Waals surface area contributed by atoms with E-state index in [1.807, 2.05) is 6.07 Å². The highest BCUT2D eigenvalue weighted by molar-refractivity contribution is 5.94. The number of rotatable bonds is 4. The van der Waals surface area contributed by atoms with E-state index in [1.54, 1.807) is 12.3 Å². The fraction of sp³-hybridized carbons (Fsp3) is 0.571. The van der Waals surface area contributed by atoms with Crippen molar-refractivity contribution in [2.45, 2.75) is 25.3 Å². The smallest absolute Gasteiger partial charge is 0.251 e. The standard InChI is InChI=1S/C14H22N4O/c1-18-8-2-3-13(10-18)17-14(19)11-5-7-16-12(9-11)4-6-15/h5,7,9,13H,2-4,6,8,10,15H2,1H3,(H,17,19). The second-order valence-corrected chi connectivity index (χ2v) is 5.15. The van der Waals surface area contributed by atoms with E-state index >= 15 is 0 Å². The molecule has 5 nitrogen and oxygen atoms in total. The molecule has 19 heavy (non-hydrogen) atoms. The van der Waals surface area contributed by atoms with Crippen LogP contribution in [0.25, 0.3) is 0 Å². The molecule has 1 saturated heterocycles. The van der Waals surface area contributed by atoms with Crippen LogP contribution in [0.2, 0.25) is 0 Å². The average Bonchev–Trinajstić information content (AvgIpc) is 2.39. The summed E-state index contributed by atoms with van der Waals surface area (Å²) in [6.45, 7) is 2.58. The zero-order valence-corrected chi connectivity index (χ0v) is 11.4. The Morgan fingerprint density at radius 1 is 1.63 bits per heavy atom. The van der Waals surface area contributed by atoms with Crippen molar-refractivity contribution in [3.8, 4) is 0 Å². The van der Waals surface area contributed by atoms with Gasteiger partial charge in [-0.25, -0.2) is 0 Å². The summed E-state index contributed by atoms with van der Waals surface area (Å²) >= 11 is 0. The Hall–Kier alpha value is -1.46. The number of pyridine rings is 1. The van der Waals surface area contributed by atoms with Crippen molar-refractivity contribution in [1.82, 2.24) is 15.2 Å². The van der Waals surface area contributed by atoms with Crippen LogP contribution in [-0.4, -0.2) is 48.5 Å². The molecule has 2 heterocycles. The van der Waals surface area contributed by atoms with Crippen molar-refractivity contribution < 1.29 is 4.79 Å². The van der Waals surface area contributed by atoms with E-state index in [-0.39, 0.29) is 11.9 Å². The summed E-state index contributed by atoms with van der Waals surface area (Å²) in [5.41, 5.74) is 7.05. The van der Waals surface area contributed by atoms with Gasteiger partial charge in [-0.2, -0.15) is 0 Å². The van der Waals surface area contributed by atoms with Gasteiger partial charge in [-0.05, 0) is 45.1 Å². The molecule has 0 aromatic carbocycles. The summed E-state index contributed by atoms with van der Waals surface area (Å²) in [6, 6.07) is 3.83. The number of likely N-dealkylation sites (N-methyl/N-ethyl adjacent to an activating group) is 1. The lowest BCUT2D eigenvalue weighted by molar-refractivity contribution is 0.0912. The second kappa shape index (κ2) is 6.63. The molecule has 1 unspecified atom stereocenters. The topological polar surface area (TPSA) is 71.2 Å². The molecule has 2 rings (SSSR count). The van der Waals surface area contributed by atoms with Crippen LogP contribution in [0.1, 0.15) is 28.9 Å². The highest BCUT2D eigenvalue weighted by atomic mass is 16.1. The Morgan fingerprint density at radius 3 is 3.21 bits per heavy atom. The maximum Gasteiger partial charge on any atom is 0.251 e. The van der Waals surface area contributed by atoms with Gasteiger partial charge in [0.2, 0.25) is 0 Å². The molecule has 1 fully saturated rings. The quantitative estimate of drug-likeness (QED) is 0.824. The van der Waals surface area contributed by atoms with Gasteiger partial charge >= 0.3 is 0 Å². The molecule has 3 N–H and O–H groups in total. The molecule has 1 aromatic rings. The van der Waals surface area contributed by atoms with Crippen molar-refractivity contribution >= 4 is 5.91 Å². The summed E-state index contributed by atoms with van der Waals surface area (Å²) in [7, 11) is 2.09. The van der Waals surface area contributed by atoms with Crippen molar-refractivity contribution in [1.29, 1.82) is 0 Å². The number of piperidine rings is 1. The minimum atomic E-state index is -0.0130. The first-order chi connectivity index (χ1) is 9.19. The van der Waals surface area contributed by atoms with E-state index in [0.717, 1.165) is 31.6 Å². The molecule has 1 aliphatic heterocycles. The van der Waals surface area contributed by atoms with E-state index in [9.17, 15) is 4.79 Å². The lowest BCUT2D eigenvalue weighted by atomic mass is 10.1. The first-order valence-electron chi connectivity index (χ1n) is 6.83. The zero-order chi connectivity index (χ0) is 13.7. The molecule has 0 saturated carbocycles. The number of nitrogens with zero attached hydrogens (tertiary/aromatic N) is 2. The number of aromatic nitrogens is 1. The first kappa shape index (κ1) is 14.0. The molecule has 0 spiro atoms. The van der Waals surface area contributed by atoms with Crippen LogP contribution < -0.4 is 11.1 Å². The highest BCUT2D eigenvalue weighted by Gasteiger charge is 2.19. The maximum absolute atomic E-state index is 12.2. The maximum atomic E-state index is 12.2. The largest absolute Gasteiger partial charge is 0.348 e. The Labute approximate surface area is 114 Å². The molecule has 0 aliphatic carbocycles. The van der Waals surface area contributed by atoms with Gasteiger partial charge < -0.3 is 16.0 Å². The predicted molar refractivity (Wildman–Crippen MR) is 75.0 cm³/mol. The number of nitrogens with two attached hydrogens (primary N) is 1. The first-order valence-corrected chi connectivity index (χ1v) is 6.83. The fourth-order valence-electron chi connectivity index (χ4n) is 2.46. The summed E-state index contributed by atoms with van der Waals surface area (Å²) in [6.07, 6.45) is 4.56. The van der Waals surface area contributed by atoms with Crippen LogP contribution in [0, 0.1) is 0 Å². The minimum absolute atomic E-state index is 0.0130. The number of hydrogen-bond acceptors (Lipinski definition) is 4. The monoisotopic (exact) mass is 262 g/mol. The van der Waals surface area contributed by atoms with Gasteiger partial charge in [0.15, 0.2) is 0 Å². The lowest BCUT2D eigenvalue weighted by Crippen LogP contribution is -2.46. The second-order valence-electron chi connectivity index (χ2n) is 5.15. The van der Waals surface area contributed by atoms with Crippen LogP contribution in [0.3, 0.4) is 0 Å². The summed E-state index contributed by atoms with van der Waals surface area (Å²) in [5.74, 6) is -0.0130. The molecule has 0 radical (unpaired) electrons. The van der Waals surface area contributed by atoms with Gasteiger partial charge in [0.1, 0.15) is 0 Å². The van der Waals surface area contributed by atoms with Crippen LogP contribution in [0.15, 0.2) is 18.3 Å². The van der Waals surface area contributed by atoms with Crippen molar-refractivity contribution in [2.24, 2.45) is 5.73 Å². The fourth-order valence-corrected chi connectivity index (χ4v) is 2.46. The summed E-state index contributed by atoms with van der Waals surface area (Å²) in [5, 5.41) is 3.10. The molecule has 5 heteroatoms. The van der Waals surface area contributed by atoms with Gasteiger partial charge in [-0.15, -0.1) is 0 Å². The zero-order valence-electron chi connectivity index (χ0n) is 11.4. The SMILES string of the molecule is CN1CCCC(NC(=O)c2ccnc(CCN)c2)C1.